The highest BCUT2D eigenvalue weighted by atomic mass is 32.2. The minimum absolute atomic E-state index is 0.203. The van der Waals surface area contributed by atoms with Gasteiger partial charge in [-0.2, -0.15) is 4.31 Å². The van der Waals surface area contributed by atoms with E-state index in [9.17, 15) is 13.2 Å². The highest BCUT2D eigenvalue weighted by Crippen LogP contribution is 2.31. The predicted molar refractivity (Wildman–Crippen MR) is 74.0 cm³/mol. The molecule has 3 heterocycles. The molecule has 0 saturated carbocycles. The maximum Gasteiger partial charge on any atom is 0.259 e. The van der Waals surface area contributed by atoms with Crippen molar-refractivity contribution in [2.75, 3.05) is 12.8 Å². The molecule has 20 heavy (non-hydrogen) atoms. The number of piperidine rings is 1. The van der Waals surface area contributed by atoms with Crippen LogP contribution in [0.5, 0.6) is 0 Å². The highest BCUT2D eigenvalue weighted by molar-refractivity contribution is 7.88. The largest absolute Gasteiger partial charge is 0.327 e. The Balaban J connectivity index is 2.10. The van der Waals surface area contributed by atoms with Gasteiger partial charge in [0.1, 0.15) is 0 Å². The molecule has 0 amide bonds. The van der Waals surface area contributed by atoms with Crippen molar-refractivity contribution >= 4 is 15.8 Å². The van der Waals surface area contributed by atoms with Crippen molar-refractivity contribution in [1.82, 2.24) is 18.7 Å². The van der Waals surface area contributed by atoms with Crippen LogP contribution < -0.4 is 5.56 Å². The summed E-state index contributed by atoms with van der Waals surface area (Å²) >= 11 is 0. The van der Waals surface area contributed by atoms with E-state index in [0.29, 0.717) is 24.4 Å². The number of aromatic amines is 1. The molecule has 1 atom stereocenters. The van der Waals surface area contributed by atoms with E-state index in [1.807, 2.05) is 0 Å². The molecule has 1 fully saturated rings. The first-order valence-corrected chi connectivity index (χ1v) is 8.35. The average molecular weight is 296 g/mol. The lowest BCUT2D eigenvalue weighted by molar-refractivity contribution is 0.253. The maximum absolute atomic E-state index is 12.0. The smallest absolute Gasteiger partial charge is 0.259 e. The summed E-state index contributed by atoms with van der Waals surface area (Å²) in [5.41, 5.74) is 0.407. The summed E-state index contributed by atoms with van der Waals surface area (Å²) in [6.45, 7) is 0.491. The van der Waals surface area contributed by atoms with Crippen molar-refractivity contribution in [3.05, 3.63) is 34.5 Å². The molecule has 1 aliphatic heterocycles. The van der Waals surface area contributed by atoms with E-state index >= 15 is 0 Å². The van der Waals surface area contributed by atoms with Crippen LogP contribution in [0, 0.1) is 0 Å². The Bertz CT molecular complexity index is 792. The van der Waals surface area contributed by atoms with E-state index in [4.69, 9.17) is 0 Å². The van der Waals surface area contributed by atoms with Crippen LogP contribution >= 0.6 is 0 Å². The molecule has 0 radical (unpaired) electrons. The molecule has 2 aromatic rings. The number of nitrogens with one attached hydrogen (secondary N) is 1. The number of nitrogens with zero attached hydrogens (tertiary/aromatic N) is 3. The van der Waals surface area contributed by atoms with Crippen molar-refractivity contribution in [2.45, 2.75) is 25.3 Å². The number of rotatable bonds is 2. The van der Waals surface area contributed by atoms with Crippen LogP contribution in [0.4, 0.5) is 0 Å². The van der Waals surface area contributed by atoms with Crippen molar-refractivity contribution in [3.63, 3.8) is 0 Å². The second-order valence-corrected chi connectivity index (χ2v) is 7.00. The van der Waals surface area contributed by atoms with Crippen molar-refractivity contribution in [1.29, 1.82) is 0 Å². The quantitative estimate of drug-likeness (QED) is 0.874. The van der Waals surface area contributed by atoms with E-state index < -0.39 is 10.0 Å². The van der Waals surface area contributed by atoms with Gasteiger partial charge in [-0.05, 0) is 12.8 Å². The molecule has 2 aromatic heterocycles. The van der Waals surface area contributed by atoms with Crippen LogP contribution in [-0.4, -0.2) is 39.9 Å². The fraction of sp³-hybridized carbons (Fsp3) is 0.500. The van der Waals surface area contributed by atoms with E-state index in [1.54, 1.807) is 6.20 Å². The van der Waals surface area contributed by atoms with Crippen molar-refractivity contribution in [2.24, 2.45) is 0 Å². The zero-order valence-electron chi connectivity index (χ0n) is 11.1. The molecule has 0 spiro atoms. The third-order valence-electron chi connectivity index (χ3n) is 3.65. The average Bonchev–Trinajstić information content (AvgIpc) is 2.86. The summed E-state index contributed by atoms with van der Waals surface area (Å²) in [7, 11) is -3.29. The van der Waals surface area contributed by atoms with Gasteiger partial charge in [-0.3, -0.25) is 9.20 Å². The molecule has 0 unspecified atom stereocenters. The van der Waals surface area contributed by atoms with Gasteiger partial charge in [0.15, 0.2) is 0 Å². The Kier molecular flexibility index (Phi) is 3.14. The maximum atomic E-state index is 12.0. The Morgan fingerprint density at radius 1 is 1.40 bits per heavy atom. The van der Waals surface area contributed by atoms with Gasteiger partial charge in [-0.25, -0.2) is 13.4 Å². The molecule has 0 aliphatic carbocycles. The van der Waals surface area contributed by atoms with Gasteiger partial charge in [-0.15, -0.1) is 0 Å². The second-order valence-electron chi connectivity index (χ2n) is 5.07. The number of fused-ring (bicyclic) bond motifs is 1. The predicted octanol–water partition coefficient (Wildman–Crippen LogP) is 0.509. The number of hydrogen-bond acceptors (Lipinski definition) is 4. The lowest BCUT2D eigenvalue weighted by Crippen LogP contribution is -2.38. The topological polar surface area (TPSA) is 87.5 Å². The standard InChI is InChI=1S/C12H16N4O3S/c1-20(18,19)16-6-3-2-4-10(16)9-8-11(17)15-7-5-13-12(15)14-9/h5,7-8,10H,2-4,6H2,1H3,(H,13,14)/t10-/m0/s1. The SMILES string of the molecule is CS(=O)(=O)N1CCCC[C@H]1c1cc(=O)n2ccnc2[nH]1. The van der Waals surface area contributed by atoms with E-state index in [1.165, 1.54) is 27.2 Å². The summed E-state index contributed by atoms with van der Waals surface area (Å²) in [5, 5.41) is 0. The molecule has 8 heteroatoms. The lowest BCUT2D eigenvalue weighted by Gasteiger charge is -2.33. The zero-order valence-corrected chi connectivity index (χ0v) is 11.9. The second kappa shape index (κ2) is 4.71. The lowest BCUT2D eigenvalue weighted by atomic mass is 10.0. The van der Waals surface area contributed by atoms with Gasteiger partial charge in [0.25, 0.3) is 5.56 Å². The first-order valence-electron chi connectivity index (χ1n) is 6.50. The summed E-state index contributed by atoms with van der Waals surface area (Å²) in [6, 6.07) is 1.15. The van der Waals surface area contributed by atoms with Gasteiger partial charge < -0.3 is 4.98 Å². The Morgan fingerprint density at radius 2 is 2.20 bits per heavy atom. The molecule has 0 aromatic carbocycles. The minimum Gasteiger partial charge on any atom is -0.327 e. The molecule has 1 saturated heterocycles. The zero-order chi connectivity index (χ0) is 14.3. The summed E-state index contributed by atoms with van der Waals surface area (Å²) < 4.78 is 26.6. The normalized spacial score (nSPS) is 21.4. The van der Waals surface area contributed by atoms with Crippen LogP contribution in [0.1, 0.15) is 31.0 Å². The number of imidazole rings is 1. The van der Waals surface area contributed by atoms with Crippen LogP contribution in [0.25, 0.3) is 5.78 Å². The van der Waals surface area contributed by atoms with E-state index in [0.717, 1.165) is 12.8 Å². The molecular formula is C12H16N4O3S. The Morgan fingerprint density at radius 3 is 2.95 bits per heavy atom. The molecule has 3 rings (SSSR count). The van der Waals surface area contributed by atoms with Crippen molar-refractivity contribution < 1.29 is 8.42 Å². The molecule has 1 aliphatic rings. The van der Waals surface area contributed by atoms with Gasteiger partial charge >= 0.3 is 0 Å². The molecule has 108 valence electrons. The van der Waals surface area contributed by atoms with Crippen LogP contribution in [0.2, 0.25) is 0 Å². The van der Waals surface area contributed by atoms with Crippen LogP contribution in [-0.2, 0) is 10.0 Å². The number of aromatic nitrogens is 3. The third kappa shape index (κ3) is 2.25. The third-order valence-corrected chi connectivity index (χ3v) is 4.94. The van der Waals surface area contributed by atoms with Crippen LogP contribution in [0.3, 0.4) is 0 Å². The summed E-state index contributed by atoms with van der Waals surface area (Å²) in [5.74, 6) is 0.437. The van der Waals surface area contributed by atoms with Gasteiger partial charge in [0, 0.05) is 30.7 Å². The Labute approximate surface area is 116 Å². The van der Waals surface area contributed by atoms with Gasteiger partial charge in [0.05, 0.1) is 12.3 Å². The fourth-order valence-electron chi connectivity index (χ4n) is 2.73. The number of sulfonamides is 1. The minimum atomic E-state index is -3.29. The summed E-state index contributed by atoms with van der Waals surface area (Å²) in [6.07, 6.45) is 6.81. The first kappa shape index (κ1) is 13.3. The molecule has 0 bridgehead atoms. The van der Waals surface area contributed by atoms with Crippen LogP contribution in [0.15, 0.2) is 23.3 Å². The van der Waals surface area contributed by atoms with Crippen molar-refractivity contribution in [3.8, 4) is 0 Å². The molecule has 1 N–H and O–H groups in total. The number of H-pyrrole nitrogens is 1. The molecular weight excluding hydrogens is 280 g/mol. The Hall–Kier alpha value is -1.67. The highest BCUT2D eigenvalue weighted by Gasteiger charge is 2.31. The van der Waals surface area contributed by atoms with Gasteiger partial charge in [-0.1, -0.05) is 6.42 Å². The van der Waals surface area contributed by atoms with E-state index in [2.05, 4.69) is 9.97 Å². The van der Waals surface area contributed by atoms with Gasteiger partial charge in [0.2, 0.25) is 15.8 Å². The first-order chi connectivity index (χ1) is 9.47. The van der Waals surface area contributed by atoms with E-state index in [-0.39, 0.29) is 11.6 Å². The monoisotopic (exact) mass is 296 g/mol. The molecule has 7 nitrogen and oxygen atoms in total. The number of hydrogen-bond donors (Lipinski definition) is 1. The fourth-order valence-corrected chi connectivity index (χ4v) is 3.88. The summed E-state index contributed by atoms with van der Waals surface area (Å²) in [4.78, 5) is 19.1.